The number of carbonyl (C=O) groups is 2. The molecule has 28 heavy (non-hydrogen) atoms. The molecule has 2 heterocycles. The fourth-order valence-electron chi connectivity index (χ4n) is 3.70. The maximum absolute atomic E-state index is 12.5. The molecule has 0 saturated carbocycles. The smallest absolute Gasteiger partial charge is 0.346 e. The minimum atomic E-state index is -0.997. The Kier molecular flexibility index (Phi) is 4.65. The molecule has 6 heteroatoms. The maximum atomic E-state index is 12.5. The summed E-state index contributed by atoms with van der Waals surface area (Å²) >= 11 is 1.24. The van der Waals surface area contributed by atoms with Gasteiger partial charge in [0.2, 0.25) is 5.91 Å². The van der Waals surface area contributed by atoms with E-state index in [9.17, 15) is 14.7 Å². The topological polar surface area (TPSA) is 75.6 Å². The van der Waals surface area contributed by atoms with Crippen LogP contribution in [-0.2, 0) is 4.79 Å². The van der Waals surface area contributed by atoms with Gasteiger partial charge in [-0.05, 0) is 35.7 Å². The number of rotatable bonds is 4. The Hall–Kier alpha value is -3.12. The van der Waals surface area contributed by atoms with Crippen molar-refractivity contribution in [2.45, 2.75) is 19.3 Å². The van der Waals surface area contributed by atoms with Gasteiger partial charge in [0.25, 0.3) is 0 Å². The predicted molar refractivity (Wildman–Crippen MR) is 110 cm³/mol. The molecule has 0 unspecified atom stereocenters. The molecule has 3 aromatic rings. The third-order valence-electron chi connectivity index (χ3n) is 5.04. The highest BCUT2D eigenvalue weighted by Crippen LogP contribution is 2.49. The van der Waals surface area contributed by atoms with E-state index in [1.807, 2.05) is 43.3 Å². The van der Waals surface area contributed by atoms with Crippen LogP contribution in [0.3, 0.4) is 0 Å². The number of carboxylic acids is 1. The third kappa shape index (κ3) is 3.05. The molecule has 142 valence electrons. The standard InChI is InChI=1S/C22H19NO4S/c1-12-5-3-4-6-15(12)16-11-17(24)23-19-18(21(22(25)26)28-20(16)19)13-7-9-14(27-2)10-8-13/h3-10,16H,11H2,1-2H3,(H,23,24)(H,25,26)/t16-/m1/s1. The first-order valence-electron chi connectivity index (χ1n) is 8.89. The highest BCUT2D eigenvalue weighted by Gasteiger charge is 2.34. The summed E-state index contributed by atoms with van der Waals surface area (Å²) < 4.78 is 5.20. The Morgan fingerprint density at radius 2 is 1.89 bits per heavy atom. The van der Waals surface area contributed by atoms with E-state index in [0.29, 0.717) is 23.4 Å². The second-order valence-electron chi connectivity index (χ2n) is 6.74. The molecule has 0 aliphatic carbocycles. The molecule has 1 atom stereocenters. The summed E-state index contributed by atoms with van der Waals surface area (Å²) in [5.74, 6) is -0.570. The van der Waals surface area contributed by atoms with Crippen LogP contribution in [0.4, 0.5) is 5.69 Å². The molecule has 1 amide bonds. The minimum Gasteiger partial charge on any atom is -0.497 e. The van der Waals surface area contributed by atoms with Gasteiger partial charge in [-0.25, -0.2) is 4.79 Å². The van der Waals surface area contributed by atoms with Crippen molar-refractivity contribution in [2.75, 3.05) is 12.4 Å². The van der Waals surface area contributed by atoms with Crippen molar-refractivity contribution in [3.05, 3.63) is 69.4 Å². The lowest BCUT2D eigenvalue weighted by atomic mass is 9.86. The summed E-state index contributed by atoms with van der Waals surface area (Å²) in [5.41, 5.74) is 4.04. The van der Waals surface area contributed by atoms with Crippen molar-refractivity contribution in [3.63, 3.8) is 0 Å². The number of nitrogens with one attached hydrogen (secondary N) is 1. The monoisotopic (exact) mass is 393 g/mol. The molecule has 1 aromatic heterocycles. The van der Waals surface area contributed by atoms with Gasteiger partial charge >= 0.3 is 5.97 Å². The van der Waals surface area contributed by atoms with Crippen LogP contribution < -0.4 is 10.1 Å². The fraction of sp³-hybridized carbons (Fsp3) is 0.182. The minimum absolute atomic E-state index is 0.106. The van der Waals surface area contributed by atoms with Crippen molar-refractivity contribution in [1.29, 1.82) is 0 Å². The number of hydrogen-bond donors (Lipinski definition) is 2. The average molecular weight is 393 g/mol. The second-order valence-corrected chi connectivity index (χ2v) is 7.79. The van der Waals surface area contributed by atoms with Gasteiger partial charge in [-0.1, -0.05) is 36.4 Å². The number of benzene rings is 2. The Morgan fingerprint density at radius 3 is 2.54 bits per heavy atom. The number of amides is 1. The van der Waals surface area contributed by atoms with E-state index < -0.39 is 5.97 Å². The molecule has 2 N–H and O–H groups in total. The summed E-state index contributed by atoms with van der Waals surface area (Å²) in [6.07, 6.45) is 0.305. The molecule has 4 rings (SSSR count). The Morgan fingerprint density at radius 1 is 1.18 bits per heavy atom. The van der Waals surface area contributed by atoms with E-state index in [1.165, 1.54) is 11.3 Å². The van der Waals surface area contributed by atoms with E-state index in [4.69, 9.17) is 4.74 Å². The normalized spacial score (nSPS) is 15.6. The van der Waals surface area contributed by atoms with Crippen LogP contribution in [0.1, 0.15) is 38.0 Å². The Balaban J connectivity index is 1.93. The molecular weight excluding hydrogens is 374 g/mol. The van der Waals surface area contributed by atoms with Crippen LogP contribution >= 0.6 is 11.3 Å². The number of thiophene rings is 1. The zero-order valence-corrected chi connectivity index (χ0v) is 16.3. The first-order valence-corrected chi connectivity index (χ1v) is 9.71. The maximum Gasteiger partial charge on any atom is 0.346 e. The van der Waals surface area contributed by atoms with Gasteiger partial charge in [0.15, 0.2) is 0 Å². The van der Waals surface area contributed by atoms with Gasteiger partial charge in [0.1, 0.15) is 10.6 Å². The quantitative estimate of drug-likeness (QED) is 0.661. The van der Waals surface area contributed by atoms with Gasteiger partial charge in [0, 0.05) is 22.8 Å². The predicted octanol–water partition coefficient (Wildman–Crippen LogP) is 4.90. The molecule has 2 aromatic carbocycles. The van der Waals surface area contributed by atoms with Crippen molar-refractivity contribution < 1.29 is 19.4 Å². The summed E-state index contributed by atoms with van der Waals surface area (Å²) in [6, 6.07) is 15.1. The number of hydrogen-bond acceptors (Lipinski definition) is 4. The second kappa shape index (κ2) is 7.13. The average Bonchev–Trinajstić information content (AvgIpc) is 3.07. The lowest BCUT2D eigenvalue weighted by molar-refractivity contribution is -0.116. The fourth-order valence-corrected chi connectivity index (χ4v) is 4.94. The van der Waals surface area contributed by atoms with Crippen LogP contribution in [0.2, 0.25) is 0 Å². The molecule has 0 fully saturated rings. The number of aromatic carboxylic acids is 1. The molecular formula is C22H19NO4S. The van der Waals surface area contributed by atoms with Crippen LogP contribution in [0.15, 0.2) is 48.5 Å². The Labute approximate surface area is 166 Å². The summed E-state index contributed by atoms with van der Waals surface area (Å²) in [4.78, 5) is 25.6. The first kappa shape index (κ1) is 18.3. The SMILES string of the molecule is COc1ccc(-c2c(C(=O)O)sc3c2NC(=O)C[C@@H]3c2ccccc2C)cc1. The third-order valence-corrected chi connectivity index (χ3v) is 6.33. The number of methoxy groups -OCH3 is 1. The number of aryl methyl sites for hydroxylation is 1. The van der Waals surface area contributed by atoms with Crippen LogP contribution in [0, 0.1) is 6.92 Å². The lowest BCUT2D eigenvalue weighted by Gasteiger charge is -2.25. The van der Waals surface area contributed by atoms with Gasteiger partial charge in [0.05, 0.1) is 12.8 Å². The van der Waals surface area contributed by atoms with E-state index in [-0.39, 0.29) is 16.7 Å². The van der Waals surface area contributed by atoms with Gasteiger partial charge in [-0.15, -0.1) is 11.3 Å². The first-order chi connectivity index (χ1) is 13.5. The number of carboxylic acid groups (broad SMARTS) is 1. The van der Waals surface area contributed by atoms with Crippen LogP contribution in [0.25, 0.3) is 11.1 Å². The lowest BCUT2D eigenvalue weighted by Crippen LogP contribution is -2.22. The van der Waals surface area contributed by atoms with Crippen LogP contribution in [-0.4, -0.2) is 24.1 Å². The largest absolute Gasteiger partial charge is 0.497 e. The zero-order chi connectivity index (χ0) is 19.8. The Bertz CT molecular complexity index is 1070. The molecule has 0 spiro atoms. The van der Waals surface area contributed by atoms with Crippen molar-refractivity contribution in [1.82, 2.24) is 0 Å². The van der Waals surface area contributed by atoms with Crippen molar-refractivity contribution in [2.24, 2.45) is 0 Å². The highest BCUT2D eigenvalue weighted by atomic mass is 32.1. The summed E-state index contributed by atoms with van der Waals surface area (Å²) in [7, 11) is 1.58. The summed E-state index contributed by atoms with van der Waals surface area (Å²) in [6.45, 7) is 2.01. The number of ether oxygens (including phenoxy) is 1. The van der Waals surface area contributed by atoms with E-state index in [2.05, 4.69) is 5.32 Å². The number of anilines is 1. The van der Waals surface area contributed by atoms with Crippen LogP contribution in [0.5, 0.6) is 5.75 Å². The van der Waals surface area contributed by atoms with Crippen molar-refractivity contribution in [3.8, 4) is 16.9 Å². The van der Waals surface area contributed by atoms with E-state index >= 15 is 0 Å². The van der Waals surface area contributed by atoms with E-state index in [0.717, 1.165) is 21.6 Å². The number of fused-ring (bicyclic) bond motifs is 1. The zero-order valence-electron chi connectivity index (χ0n) is 15.5. The molecule has 1 aliphatic rings. The molecule has 0 saturated heterocycles. The summed E-state index contributed by atoms with van der Waals surface area (Å²) in [5, 5.41) is 12.8. The van der Waals surface area contributed by atoms with Gasteiger partial charge < -0.3 is 15.2 Å². The highest BCUT2D eigenvalue weighted by molar-refractivity contribution is 7.15. The van der Waals surface area contributed by atoms with Gasteiger partial charge in [-0.3, -0.25) is 4.79 Å². The molecule has 5 nitrogen and oxygen atoms in total. The van der Waals surface area contributed by atoms with Crippen molar-refractivity contribution >= 4 is 28.9 Å². The number of carbonyl (C=O) groups excluding carboxylic acids is 1. The molecule has 0 bridgehead atoms. The molecule has 1 aliphatic heterocycles. The molecule has 0 radical (unpaired) electrons. The van der Waals surface area contributed by atoms with Gasteiger partial charge in [-0.2, -0.15) is 0 Å². The van der Waals surface area contributed by atoms with E-state index in [1.54, 1.807) is 19.2 Å².